The Morgan fingerprint density at radius 1 is 1.00 bits per heavy atom. The molecule has 6 rings (SSSR count). The average Bonchev–Trinajstić information content (AvgIpc) is 2.63. The molecule has 0 aliphatic heterocycles. The molecular formula is C23H34N2S2. The SMILES string of the molecule is CC12CC3CC(c4ccccc4)(CC(C1)C3S(=S)N[C@H]1CC[C@H](N)CC1)C2. The fourth-order valence-electron chi connectivity index (χ4n) is 7.49. The molecule has 5 saturated carbocycles. The highest BCUT2D eigenvalue weighted by molar-refractivity contribution is 8.28. The number of nitrogens with two attached hydrogens (primary N) is 1. The summed E-state index contributed by atoms with van der Waals surface area (Å²) in [6.07, 6.45) is 11.7. The van der Waals surface area contributed by atoms with Gasteiger partial charge in [-0.25, -0.2) is 0 Å². The Morgan fingerprint density at radius 3 is 2.26 bits per heavy atom. The first-order valence-electron chi connectivity index (χ1n) is 10.9. The zero-order valence-corrected chi connectivity index (χ0v) is 18.2. The zero-order valence-electron chi connectivity index (χ0n) is 16.5. The maximum Gasteiger partial charge on any atom is 0.0287 e. The summed E-state index contributed by atoms with van der Waals surface area (Å²) >= 11 is 6.15. The molecule has 3 atom stereocenters. The van der Waals surface area contributed by atoms with E-state index in [1.165, 1.54) is 44.9 Å². The van der Waals surface area contributed by atoms with Crippen LogP contribution in [0, 0.1) is 17.3 Å². The number of hydrogen-bond donors (Lipinski definition) is 2. The Morgan fingerprint density at radius 2 is 1.63 bits per heavy atom. The summed E-state index contributed by atoms with van der Waals surface area (Å²) in [5.74, 6) is 1.63. The van der Waals surface area contributed by atoms with Crippen molar-refractivity contribution >= 4 is 20.8 Å². The van der Waals surface area contributed by atoms with Gasteiger partial charge < -0.3 is 5.73 Å². The number of benzene rings is 1. The highest BCUT2D eigenvalue weighted by atomic mass is 32.8. The van der Waals surface area contributed by atoms with Crippen LogP contribution in [0.15, 0.2) is 30.3 Å². The van der Waals surface area contributed by atoms with E-state index in [1.54, 1.807) is 5.56 Å². The van der Waals surface area contributed by atoms with E-state index in [9.17, 15) is 0 Å². The number of hydrogen-bond acceptors (Lipinski definition) is 2. The van der Waals surface area contributed by atoms with Crippen LogP contribution in [-0.2, 0) is 26.2 Å². The van der Waals surface area contributed by atoms with Crippen molar-refractivity contribution in [3.8, 4) is 0 Å². The van der Waals surface area contributed by atoms with Gasteiger partial charge in [-0.15, -0.1) is 0 Å². The molecule has 5 aliphatic rings. The lowest BCUT2D eigenvalue weighted by Crippen LogP contribution is -2.61. The smallest absolute Gasteiger partial charge is 0.0287 e. The van der Waals surface area contributed by atoms with Crippen LogP contribution in [0.25, 0.3) is 0 Å². The topological polar surface area (TPSA) is 38.0 Å². The molecule has 1 aromatic rings. The monoisotopic (exact) mass is 402 g/mol. The first kappa shape index (κ1) is 18.7. The summed E-state index contributed by atoms with van der Waals surface area (Å²) in [6, 6.07) is 12.4. The average molecular weight is 403 g/mol. The molecule has 5 aliphatic carbocycles. The minimum absolute atomic E-state index is 0.0689. The van der Waals surface area contributed by atoms with Gasteiger partial charge in [0.2, 0.25) is 0 Å². The van der Waals surface area contributed by atoms with E-state index in [-0.39, 0.29) is 9.64 Å². The van der Waals surface area contributed by atoms with Gasteiger partial charge in [-0.3, -0.25) is 4.72 Å². The molecule has 0 spiro atoms. The van der Waals surface area contributed by atoms with E-state index < -0.39 is 0 Å². The highest BCUT2D eigenvalue weighted by Crippen LogP contribution is 2.66. The standard InChI is InChI=1S/C23H34N2S2/c1-22-11-16-13-23(15-22,18-5-3-2-4-6-18)14-17(12-22)21(16)27(26)25-20-9-7-19(24)8-10-20/h2-6,16-17,19-21,25H,7-15,24H2,1H3/t16?,17?,19-,20-,21?,22?,23?,27?. The van der Waals surface area contributed by atoms with Gasteiger partial charge >= 0.3 is 0 Å². The third kappa shape index (κ3) is 3.35. The molecule has 4 bridgehead atoms. The van der Waals surface area contributed by atoms with Crippen molar-refractivity contribution in [2.75, 3.05) is 0 Å². The van der Waals surface area contributed by atoms with Crippen LogP contribution in [0.1, 0.15) is 70.3 Å². The Kier molecular flexibility index (Phi) is 4.78. The third-order valence-electron chi connectivity index (χ3n) is 8.20. The number of rotatable bonds is 4. The van der Waals surface area contributed by atoms with Gasteiger partial charge in [0.1, 0.15) is 0 Å². The summed E-state index contributed by atoms with van der Waals surface area (Å²) in [4.78, 5) is 0. The van der Waals surface area contributed by atoms with Gasteiger partial charge in [-0.2, -0.15) is 0 Å². The van der Waals surface area contributed by atoms with Crippen molar-refractivity contribution in [3.63, 3.8) is 0 Å². The van der Waals surface area contributed by atoms with Crippen LogP contribution in [0.5, 0.6) is 0 Å². The predicted octanol–water partition coefficient (Wildman–Crippen LogP) is 4.38. The molecule has 3 unspecified atom stereocenters. The molecule has 5 fully saturated rings. The van der Waals surface area contributed by atoms with Crippen LogP contribution >= 0.6 is 0 Å². The van der Waals surface area contributed by atoms with Crippen LogP contribution in [0.4, 0.5) is 0 Å². The lowest BCUT2D eigenvalue weighted by Gasteiger charge is -2.64. The van der Waals surface area contributed by atoms with E-state index >= 15 is 0 Å². The van der Waals surface area contributed by atoms with Crippen molar-refractivity contribution in [1.29, 1.82) is 0 Å². The predicted molar refractivity (Wildman–Crippen MR) is 118 cm³/mol. The second kappa shape index (κ2) is 6.90. The van der Waals surface area contributed by atoms with Gasteiger partial charge in [0, 0.05) is 17.3 Å². The van der Waals surface area contributed by atoms with Crippen molar-refractivity contribution in [1.82, 2.24) is 4.72 Å². The number of nitrogens with one attached hydrogen (secondary N) is 1. The fourth-order valence-corrected chi connectivity index (χ4v) is 10.7. The Hall–Kier alpha value is -0.290. The molecule has 148 valence electrons. The zero-order chi connectivity index (χ0) is 18.6. The lowest BCUT2D eigenvalue weighted by molar-refractivity contribution is -0.0567. The maximum absolute atomic E-state index is 6.15. The molecule has 0 saturated heterocycles. The first-order chi connectivity index (χ1) is 13.0. The van der Waals surface area contributed by atoms with Crippen LogP contribution < -0.4 is 10.5 Å². The Labute approximate surface area is 171 Å². The van der Waals surface area contributed by atoms with Crippen molar-refractivity contribution in [2.24, 2.45) is 23.0 Å². The van der Waals surface area contributed by atoms with Crippen molar-refractivity contribution in [3.05, 3.63) is 35.9 Å². The van der Waals surface area contributed by atoms with Crippen molar-refractivity contribution in [2.45, 2.75) is 87.5 Å². The van der Waals surface area contributed by atoms with Crippen LogP contribution in [-0.4, -0.2) is 17.3 Å². The minimum atomic E-state index is -0.0689. The first-order valence-corrected chi connectivity index (χ1v) is 13.2. The molecular weight excluding hydrogens is 368 g/mol. The molecule has 1 aromatic carbocycles. The summed E-state index contributed by atoms with van der Waals surface area (Å²) in [6.45, 7) is 2.57. The van der Waals surface area contributed by atoms with E-state index in [1.807, 2.05) is 0 Å². The summed E-state index contributed by atoms with van der Waals surface area (Å²) in [7, 11) is -0.0689. The van der Waals surface area contributed by atoms with Crippen molar-refractivity contribution < 1.29 is 0 Å². The molecule has 0 aromatic heterocycles. The fraction of sp³-hybridized carbons (Fsp3) is 0.739. The third-order valence-corrected chi connectivity index (χ3v) is 11.0. The maximum atomic E-state index is 6.15. The van der Waals surface area contributed by atoms with Gasteiger partial charge in [-0.1, -0.05) is 46.9 Å². The molecule has 3 N–H and O–H groups in total. The molecule has 2 nitrogen and oxygen atoms in total. The van der Waals surface area contributed by atoms with E-state index in [0.29, 0.717) is 22.9 Å². The molecule has 4 heteroatoms. The van der Waals surface area contributed by atoms with Gasteiger partial charge in [-0.05, 0) is 97.2 Å². The quantitative estimate of drug-likeness (QED) is 0.785. The molecule has 0 heterocycles. The summed E-state index contributed by atoms with van der Waals surface area (Å²) < 4.78 is 3.92. The normalized spacial score (nSPS) is 47.1. The second-order valence-electron chi connectivity index (χ2n) is 10.5. The minimum Gasteiger partial charge on any atom is -0.328 e. The molecule has 0 radical (unpaired) electrons. The van der Waals surface area contributed by atoms with E-state index in [0.717, 1.165) is 29.9 Å². The summed E-state index contributed by atoms with van der Waals surface area (Å²) in [5.41, 5.74) is 8.66. The lowest BCUT2D eigenvalue weighted by atomic mass is 9.43. The van der Waals surface area contributed by atoms with Crippen LogP contribution in [0.3, 0.4) is 0 Å². The molecule has 27 heavy (non-hydrogen) atoms. The van der Waals surface area contributed by atoms with E-state index in [2.05, 4.69) is 42.0 Å². The van der Waals surface area contributed by atoms with Gasteiger partial charge in [0.15, 0.2) is 0 Å². The second-order valence-corrected chi connectivity index (χ2v) is 12.9. The van der Waals surface area contributed by atoms with Gasteiger partial charge in [0.25, 0.3) is 0 Å². The van der Waals surface area contributed by atoms with E-state index in [4.69, 9.17) is 16.9 Å². The Balaban J connectivity index is 1.35. The van der Waals surface area contributed by atoms with Gasteiger partial charge in [0.05, 0.1) is 0 Å². The molecule has 0 amide bonds. The van der Waals surface area contributed by atoms with Crippen LogP contribution in [0.2, 0.25) is 0 Å². The largest absolute Gasteiger partial charge is 0.328 e. The summed E-state index contributed by atoms with van der Waals surface area (Å²) in [5, 5.41) is 0.723. The Bertz CT molecular complexity index is 694. The highest BCUT2D eigenvalue weighted by Gasteiger charge is 2.60.